The Morgan fingerprint density at radius 1 is 1.10 bits per heavy atom. The number of rotatable bonds is 2. The molecule has 1 atom stereocenters. The van der Waals surface area contributed by atoms with E-state index in [1.54, 1.807) is 25.1 Å². The van der Waals surface area contributed by atoms with Crippen LogP contribution in [0.25, 0.3) is 21.8 Å². The molecule has 0 aliphatic rings. The molecule has 0 bridgehead atoms. The first-order valence-corrected chi connectivity index (χ1v) is 6.17. The highest BCUT2D eigenvalue weighted by Crippen LogP contribution is 2.29. The van der Waals surface area contributed by atoms with Crippen molar-refractivity contribution in [1.82, 2.24) is 4.98 Å². The van der Waals surface area contributed by atoms with E-state index in [1.165, 1.54) is 6.07 Å². The van der Waals surface area contributed by atoms with Gasteiger partial charge in [0.05, 0.1) is 5.92 Å². The van der Waals surface area contributed by atoms with Gasteiger partial charge in [0.2, 0.25) is 5.91 Å². The number of nitrogens with two attached hydrogens (primary N) is 1. The van der Waals surface area contributed by atoms with E-state index in [2.05, 4.69) is 4.98 Å². The summed E-state index contributed by atoms with van der Waals surface area (Å²) in [5.74, 6) is -2.61. The van der Waals surface area contributed by atoms with Gasteiger partial charge in [-0.1, -0.05) is 12.1 Å². The molecular formula is C15H13ClF2N2O. The lowest BCUT2D eigenvalue weighted by molar-refractivity contribution is -0.119. The highest BCUT2D eigenvalue weighted by atomic mass is 35.5. The molecule has 1 amide bonds. The van der Waals surface area contributed by atoms with Crippen LogP contribution in [0.1, 0.15) is 18.4 Å². The third-order valence-corrected chi connectivity index (χ3v) is 3.59. The van der Waals surface area contributed by atoms with Gasteiger partial charge in [-0.3, -0.25) is 4.79 Å². The van der Waals surface area contributed by atoms with Gasteiger partial charge in [0.1, 0.15) is 0 Å². The van der Waals surface area contributed by atoms with Crippen LogP contribution >= 0.6 is 12.4 Å². The van der Waals surface area contributed by atoms with E-state index >= 15 is 0 Å². The fraction of sp³-hybridized carbons (Fsp3) is 0.133. The lowest BCUT2D eigenvalue weighted by Gasteiger charge is -2.07. The average Bonchev–Trinajstić information content (AvgIpc) is 2.75. The van der Waals surface area contributed by atoms with Crippen LogP contribution in [0.4, 0.5) is 8.78 Å². The monoisotopic (exact) mass is 310 g/mol. The van der Waals surface area contributed by atoms with E-state index < -0.39 is 23.5 Å². The topological polar surface area (TPSA) is 58.9 Å². The Morgan fingerprint density at radius 2 is 1.71 bits per heavy atom. The molecule has 3 N–H and O–H groups in total. The van der Waals surface area contributed by atoms with E-state index in [9.17, 15) is 13.6 Å². The lowest BCUT2D eigenvalue weighted by atomic mass is 9.99. The molecular weight excluding hydrogens is 298 g/mol. The van der Waals surface area contributed by atoms with Gasteiger partial charge in [-0.25, -0.2) is 8.78 Å². The Hall–Kier alpha value is -2.14. The van der Waals surface area contributed by atoms with Crippen molar-refractivity contribution in [2.75, 3.05) is 0 Å². The fourth-order valence-corrected chi connectivity index (χ4v) is 2.35. The summed E-state index contributed by atoms with van der Waals surface area (Å²) in [6.07, 6.45) is 0. The van der Waals surface area contributed by atoms with Crippen LogP contribution in [0, 0.1) is 11.6 Å². The van der Waals surface area contributed by atoms with E-state index in [0.29, 0.717) is 10.9 Å². The number of amides is 1. The zero-order valence-corrected chi connectivity index (χ0v) is 11.9. The Labute approximate surface area is 125 Å². The summed E-state index contributed by atoms with van der Waals surface area (Å²) in [6, 6.07) is 7.62. The van der Waals surface area contributed by atoms with Crippen molar-refractivity contribution in [3.8, 4) is 0 Å². The highest BCUT2D eigenvalue weighted by molar-refractivity contribution is 6.07. The second-order valence-electron chi connectivity index (χ2n) is 4.87. The zero-order chi connectivity index (χ0) is 14.4. The molecule has 0 radical (unpaired) electrons. The van der Waals surface area contributed by atoms with Gasteiger partial charge in [0.15, 0.2) is 11.6 Å². The lowest BCUT2D eigenvalue weighted by Crippen LogP contribution is -2.18. The molecule has 1 aromatic heterocycles. The smallest absolute Gasteiger partial charge is 0.224 e. The molecule has 21 heavy (non-hydrogen) atoms. The normalized spacial score (nSPS) is 12.3. The number of primary amides is 1. The number of aromatic amines is 1. The number of aromatic nitrogens is 1. The molecule has 0 aliphatic heterocycles. The molecule has 2 aromatic carbocycles. The van der Waals surface area contributed by atoms with Gasteiger partial charge in [-0.15, -0.1) is 12.4 Å². The van der Waals surface area contributed by atoms with E-state index in [1.807, 2.05) is 0 Å². The minimum Gasteiger partial charge on any atom is -0.369 e. The van der Waals surface area contributed by atoms with Crippen LogP contribution < -0.4 is 5.73 Å². The van der Waals surface area contributed by atoms with Crippen molar-refractivity contribution in [2.24, 2.45) is 5.73 Å². The number of fused-ring (bicyclic) bond motifs is 3. The zero-order valence-electron chi connectivity index (χ0n) is 11.1. The second kappa shape index (κ2) is 5.33. The number of halogens is 3. The summed E-state index contributed by atoms with van der Waals surface area (Å²) >= 11 is 0. The summed E-state index contributed by atoms with van der Waals surface area (Å²) in [4.78, 5) is 14.2. The Balaban J connectivity index is 0.00000161. The molecule has 1 heterocycles. The summed E-state index contributed by atoms with van der Waals surface area (Å²) < 4.78 is 26.6. The van der Waals surface area contributed by atoms with Crippen LogP contribution in [0.15, 0.2) is 30.3 Å². The van der Waals surface area contributed by atoms with Gasteiger partial charge in [0.25, 0.3) is 0 Å². The maximum atomic E-state index is 13.3. The first kappa shape index (κ1) is 15.3. The first-order chi connectivity index (χ1) is 9.47. The number of hydrogen-bond acceptors (Lipinski definition) is 1. The largest absolute Gasteiger partial charge is 0.369 e. The van der Waals surface area contributed by atoms with Gasteiger partial charge < -0.3 is 10.7 Å². The number of carbonyl (C=O) groups is 1. The molecule has 0 fully saturated rings. The maximum absolute atomic E-state index is 13.3. The molecule has 6 heteroatoms. The number of hydrogen-bond donors (Lipinski definition) is 2. The van der Waals surface area contributed by atoms with Crippen LogP contribution in [0.3, 0.4) is 0 Å². The molecule has 0 spiro atoms. The second-order valence-corrected chi connectivity index (χ2v) is 4.87. The number of benzene rings is 2. The summed E-state index contributed by atoms with van der Waals surface area (Å²) in [5.41, 5.74) is 7.27. The quantitative estimate of drug-likeness (QED) is 0.746. The summed E-state index contributed by atoms with van der Waals surface area (Å²) in [7, 11) is 0. The Bertz CT molecular complexity index is 844. The van der Waals surface area contributed by atoms with Gasteiger partial charge in [-0.05, 0) is 24.6 Å². The predicted octanol–water partition coefficient (Wildman–Crippen LogP) is 3.61. The van der Waals surface area contributed by atoms with E-state index in [-0.39, 0.29) is 12.4 Å². The van der Waals surface area contributed by atoms with Crippen LogP contribution in [0.5, 0.6) is 0 Å². The van der Waals surface area contributed by atoms with Crippen molar-refractivity contribution < 1.29 is 13.6 Å². The number of H-pyrrole nitrogens is 1. The van der Waals surface area contributed by atoms with Crippen LogP contribution in [-0.2, 0) is 4.79 Å². The predicted molar refractivity (Wildman–Crippen MR) is 80.6 cm³/mol. The molecule has 0 aliphatic carbocycles. The third kappa shape index (κ3) is 2.45. The summed E-state index contributed by atoms with van der Waals surface area (Å²) in [6.45, 7) is 1.71. The Kier molecular flexibility index (Phi) is 3.87. The number of nitrogens with one attached hydrogen (secondary N) is 1. The minimum absolute atomic E-state index is 0. The molecule has 0 saturated carbocycles. The molecule has 3 nitrogen and oxygen atoms in total. The molecule has 3 aromatic rings. The standard InChI is InChI=1S/C15H12F2N2O.ClH/c1-7(15(18)20)8-2-3-9-10-5-11(16)12(17)6-14(10)19-13(9)4-8;/h2-7,19H,1H3,(H2,18,20);1H. The Morgan fingerprint density at radius 3 is 2.38 bits per heavy atom. The minimum atomic E-state index is -0.894. The van der Waals surface area contributed by atoms with E-state index in [0.717, 1.165) is 22.5 Å². The maximum Gasteiger partial charge on any atom is 0.224 e. The van der Waals surface area contributed by atoms with Crippen LogP contribution in [-0.4, -0.2) is 10.9 Å². The highest BCUT2D eigenvalue weighted by Gasteiger charge is 2.14. The molecule has 0 saturated heterocycles. The van der Waals surface area contributed by atoms with Gasteiger partial charge in [-0.2, -0.15) is 0 Å². The molecule has 1 unspecified atom stereocenters. The van der Waals surface area contributed by atoms with Crippen molar-refractivity contribution >= 4 is 40.1 Å². The van der Waals surface area contributed by atoms with Crippen molar-refractivity contribution in [1.29, 1.82) is 0 Å². The van der Waals surface area contributed by atoms with Crippen molar-refractivity contribution in [3.05, 3.63) is 47.5 Å². The summed E-state index contributed by atoms with van der Waals surface area (Å²) in [5, 5.41) is 1.39. The number of carbonyl (C=O) groups excluding carboxylic acids is 1. The van der Waals surface area contributed by atoms with E-state index in [4.69, 9.17) is 5.73 Å². The van der Waals surface area contributed by atoms with Crippen molar-refractivity contribution in [3.63, 3.8) is 0 Å². The van der Waals surface area contributed by atoms with Crippen LogP contribution in [0.2, 0.25) is 0 Å². The van der Waals surface area contributed by atoms with Gasteiger partial charge >= 0.3 is 0 Å². The average molecular weight is 311 g/mol. The third-order valence-electron chi connectivity index (χ3n) is 3.59. The fourth-order valence-electron chi connectivity index (χ4n) is 2.35. The molecule has 3 rings (SSSR count). The van der Waals surface area contributed by atoms with Gasteiger partial charge in [0, 0.05) is 27.9 Å². The SMILES string of the molecule is CC(C(N)=O)c1ccc2c(c1)[nH]c1cc(F)c(F)cc12.Cl. The molecule has 110 valence electrons. The first-order valence-electron chi connectivity index (χ1n) is 6.17. The van der Waals surface area contributed by atoms with Crippen molar-refractivity contribution in [2.45, 2.75) is 12.8 Å².